The van der Waals surface area contributed by atoms with Crippen LogP contribution in [0.2, 0.25) is 0 Å². The third kappa shape index (κ3) is 3.39. The molecule has 0 unspecified atom stereocenters. The fourth-order valence-electron chi connectivity index (χ4n) is 5.40. The highest BCUT2D eigenvalue weighted by atomic mass is 79.9. The number of ketones is 1. The Balaban J connectivity index is 1.50. The van der Waals surface area contributed by atoms with Crippen molar-refractivity contribution in [1.29, 1.82) is 0 Å². The van der Waals surface area contributed by atoms with Crippen LogP contribution in [0.25, 0.3) is 21.7 Å². The van der Waals surface area contributed by atoms with Crippen LogP contribution in [0.4, 0.5) is 0 Å². The van der Waals surface area contributed by atoms with Gasteiger partial charge in [0.25, 0.3) is 0 Å². The van der Waals surface area contributed by atoms with Crippen molar-refractivity contribution in [2.45, 2.75) is 13.0 Å². The summed E-state index contributed by atoms with van der Waals surface area (Å²) in [5.74, 6) is 0.915. The summed E-state index contributed by atoms with van der Waals surface area (Å²) in [5.41, 5.74) is 3.54. The second-order valence-corrected chi connectivity index (χ2v) is 9.68. The van der Waals surface area contributed by atoms with Crippen molar-refractivity contribution in [2.75, 3.05) is 39.5 Å². The van der Waals surface area contributed by atoms with Gasteiger partial charge in [0.05, 0.1) is 30.3 Å². The number of benzene rings is 3. The topological polar surface area (TPSA) is 43.7 Å². The zero-order valence-electron chi connectivity index (χ0n) is 18.5. The molecule has 6 heteroatoms. The fourth-order valence-corrected chi connectivity index (χ4v) is 5.89. The average Bonchev–Trinajstić information content (AvgIpc) is 3.14. The number of aromatic nitrogens is 1. The zero-order chi connectivity index (χ0) is 22.5. The van der Waals surface area contributed by atoms with Crippen molar-refractivity contribution in [3.63, 3.8) is 0 Å². The second-order valence-electron chi connectivity index (χ2n) is 8.83. The van der Waals surface area contributed by atoms with Crippen molar-refractivity contribution in [3.05, 3.63) is 75.9 Å². The number of carbonyl (C=O) groups is 1. The third-order valence-electron chi connectivity index (χ3n) is 6.94. The molecule has 0 bridgehead atoms. The molecule has 4 aromatic rings. The van der Waals surface area contributed by atoms with Crippen molar-refractivity contribution in [3.8, 4) is 5.75 Å². The summed E-state index contributed by atoms with van der Waals surface area (Å²) in [7, 11) is 0. The Kier molecular flexibility index (Phi) is 5.24. The predicted octanol–water partition coefficient (Wildman–Crippen LogP) is 5.36. The molecule has 0 radical (unpaired) electrons. The van der Waals surface area contributed by atoms with E-state index < -0.39 is 0 Å². The molecule has 1 atom stereocenters. The molecule has 3 heterocycles. The Hall–Kier alpha value is -2.67. The highest BCUT2D eigenvalue weighted by Gasteiger charge is 2.31. The molecule has 168 valence electrons. The van der Waals surface area contributed by atoms with Gasteiger partial charge in [-0.05, 0) is 29.8 Å². The van der Waals surface area contributed by atoms with Crippen LogP contribution in [0.3, 0.4) is 0 Å². The maximum atomic E-state index is 14.1. The van der Waals surface area contributed by atoms with E-state index in [0.717, 1.165) is 81.6 Å². The van der Waals surface area contributed by atoms with Gasteiger partial charge in [-0.2, -0.15) is 0 Å². The number of carbonyl (C=O) groups excluding carboxylic acids is 1. The van der Waals surface area contributed by atoms with Gasteiger partial charge >= 0.3 is 0 Å². The maximum Gasteiger partial charge on any atom is 0.196 e. The lowest BCUT2D eigenvalue weighted by Crippen LogP contribution is -2.42. The minimum atomic E-state index is 0.0594. The van der Waals surface area contributed by atoms with Gasteiger partial charge in [-0.3, -0.25) is 9.69 Å². The standard InChI is InChI=1S/C27H25BrN2O3/c1-17-25(27(31)21-7-2-6-20-19(21)5-3-9-23(20)28)22-8-4-10-24-26(22)30(17)18(16-33-24)15-29-11-13-32-14-12-29/h2-10,18H,11-16H2,1H3/t18-/m1/s1. The van der Waals surface area contributed by atoms with Gasteiger partial charge in [0.15, 0.2) is 5.78 Å². The van der Waals surface area contributed by atoms with Gasteiger partial charge in [-0.25, -0.2) is 0 Å². The number of hydrogen-bond acceptors (Lipinski definition) is 4. The van der Waals surface area contributed by atoms with Crippen LogP contribution in [-0.2, 0) is 4.74 Å². The van der Waals surface area contributed by atoms with E-state index >= 15 is 0 Å². The Morgan fingerprint density at radius 1 is 1.00 bits per heavy atom. The van der Waals surface area contributed by atoms with Crippen LogP contribution in [-0.4, -0.2) is 54.7 Å². The van der Waals surface area contributed by atoms with Crippen molar-refractivity contribution >= 4 is 43.4 Å². The lowest BCUT2D eigenvalue weighted by molar-refractivity contribution is 0.0272. The summed E-state index contributed by atoms with van der Waals surface area (Å²) >= 11 is 3.63. The molecule has 0 amide bonds. The second kappa shape index (κ2) is 8.28. The van der Waals surface area contributed by atoms with Crippen molar-refractivity contribution in [2.24, 2.45) is 0 Å². The van der Waals surface area contributed by atoms with E-state index in [1.807, 2.05) is 48.5 Å². The number of rotatable bonds is 4. The molecule has 33 heavy (non-hydrogen) atoms. The Morgan fingerprint density at radius 2 is 1.73 bits per heavy atom. The Morgan fingerprint density at radius 3 is 2.58 bits per heavy atom. The first-order valence-corrected chi connectivity index (χ1v) is 12.2. The van der Waals surface area contributed by atoms with Crippen LogP contribution in [0.15, 0.2) is 59.1 Å². The Labute approximate surface area is 201 Å². The van der Waals surface area contributed by atoms with E-state index in [0.29, 0.717) is 6.61 Å². The van der Waals surface area contributed by atoms with Gasteiger partial charge in [0.1, 0.15) is 12.4 Å². The highest BCUT2D eigenvalue weighted by molar-refractivity contribution is 9.10. The summed E-state index contributed by atoms with van der Waals surface area (Å²) in [6, 6.07) is 18.2. The molecule has 1 saturated heterocycles. The first kappa shape index (κ1) is 20.9. The summed E-state index contributed by atoms with van der Waals surface area (Å²) in [6.45, 7) is 6.96. The largest absolute Gasteiger partial charge is 0.489 e. The van der Waals surface area contributed by atoms with Crippen LogP contribution in [0, 0.1) is 6.92 Å². The number of halogens is 1. The van der Waals surface area contributed by atoms with E-state index in [4.69, 9.17) is 9.47 Å². The summed E-state index contributed by atoms with van der Waals surface area (Å²) in [6.07, 6.45) is 0. The van der Waals surface area contributed by atoms with Gasteiger partial charge in [0, 0.05) is 40.8 Å². The number of ether oxygens (including phenoxy) is 2. The summed E-state index contributed by atoms with van der Waals surface area (Å²) in [4.78, 5) is 16.5. The first-order valence-electron chi connectivity index (χ1n) is 11.4. The lowest BCUT2D eigenvalue weighted by Gasteiger charge is -2.34. The Bertz CT molecular complexity index is 1390. The van der Waals surface area contributed by atoms with E-state index in [1.165, 1.54) is 0 Å². The molecule has 6 rings (SSSR count). The number of hydrogen-bond donors (Lipinski definition) is 0. The monoisotopic (exact) mass is 504 g/mol. The minimum absolute atomic E-state index is 0.0594. The molecule has 2 aliphatic heterocycles. The number of morpholine rings is 1. The molecule has 0 aliphatic carbocycles. The molecule has 3 aromatic carbocycles. The maximum absolute atomic E-state index is 14.1. The normalized spacial score (nSPS) is 18.5. The SMILES string of the molecule is Cc1c(C(=O)c2cccc3c(Br)cccc23)c2cccc3c2n1[C@H](CN1CCOCC1)CO3. The fraction of sp³-hybridized carbons (Fsp3) is 0.296. The van der Waals surface area contributed by atoms with Crippen LogP contribution in [0.5, 0.6) is 5.75 Å². The van der Waals surface area contributed by atoms with Crippen molar-refractivity contribution < 1.29 is 14.3 Å². The quantitative estimate of drug-likeness (QED) is 0.351. The van der Waals surface area contributed by atoms with Gasteiger partial charge in [-0.1, -0.05) is 58.4 Å². The lowest BCUT2D eigenvalue weighted by atomic mass is 9.95. The molecule has 0 saturated carbocycles. The van der Waals surface area contributed by atoms with Crippen LogP contribution >= 0.6 is 15.9 Å². The number of para-hydroxylation sites is 1. The number of fused-ring (bicyclic) bond motifs is 1. The molecular formula is C27H25BrN2O3. The number of nitrogens with zero attached hydrogens (tertiary/aromatic N) is 2. The zero-order valence-corrected chi connectivity index (χ0v) is 20.1. The average molecular weight is 505 g/mol. The summed E-state index contributed by atoms with van der Waals surface area (Å²) in [5, 5.41) is 2.97. The van der Waals surface area contributed by atoms with E-state index in [9.17, 15) is 4.79 Å². The molecular weight excluding hydrogens is 480 g/mol. The third-order valence-corrected chi connectivity index (χ3v) is 7.63. The molecule has 1 aromatic heterocycles. The van der Waals surface area contributed by atoms with Gasteiger partial charge in [-0.15, -0.1) is 0 Å². The minimum Gasteiger partial charge on any atom is -0.489 e. The van der Waals surface area contributed by atoms with Crippen LogP contribution in [0.1, 0.15) is 27.7 Å². The van der Waals surface area contributed by atoms with Gasteiger partial charge < -0.3 is 14.0 Å². The van der Waals surface area contributed by atoms with Crippen molar-refractivity contribution in [1.82, 2.24) is 9.47 Å². The molecule has 2 aliphatic rings. The molecule has 0 N–H and O–H groups in total. The van der Waals surface area contributed by atoms with E-state index in [1.54, 1.807) is 0 Å². The van der Waals surface area contributed by atoms with Gasteiger partial charge in [0.2, 0.25) is 0 Å². The smallest absolute Gasteiger partial charge is 0.196 e. The van der Waals surface area contributed by atoms with Crippen LogP contribution < -0.4 is 4.74 Å². The molecule has 0 spiro atoms. The predicted molar refractivity (Wildman–Crippen MR) is 134 cm³/mol. The van der Waals surface area contributed by atoms with E-state index in [-0.39, 0.29) is 11.8 Å². The molecule has 1 fully saturated rings. The first-order chi connectivity index (χ1) is 16.1. The highest BCUT2D eigenvalue weighted by Crippen LogP contribution is 2.40. The molecule has 5 nitrogen and oxygen atoms in total. The van der Waals surface area contributed by atoms with E-state index in [2.05, 4.69) is 38.4 Å². The summed E-state index contributed by atoms with van der Waals surface area (Å²) < 4.78 is 15.1.